The van der Waals surface area contributed by atoms with Gasteiger partial charge in [0, 0.05) is 38.4 Å². The molecule has 1 aromatic carbocycles. The van der Waals surface area contributed by atoms with Gasteiger partial charge in [0.25, 0.3) is 5.56 Å². The van der Waals surface area contributed by atoms with Crippen LogP contribution in [0.1, 0.15) is 18.7 Å². The van der Waals surface area contributed by atoms with Crippen molar-refractivity contribution in [2.45, 2.75) is 26.3 Å². The van der Waals surface area contributed by atoms with E-state index >= 15 is 0 Å². The Balaban J connectivity index is 1.34. The Labute approximate surface area is 156 Å². The van der Waals surface area contributed by atoms with E-state index in [2.05, 4.69) is 24.9 Å². The molecule has 1 saturated carbocycles. The van der Waals surface area contributed by atoms with Crippen LogP contribution in [0.3, 0.4) is 0 Å². The highest BCUT2D eigenvalue weighted by atomic mass is 16.5. The van der Waals surface area contributed by atoms with Crippen molar-refractivity contribution in [3.05, 3.63) is 40.7 Å². The summed E-state index contributed by atoms with van der Waals surface area (Å²) in [5, 5.41) is 4.56. The third kappa shape index (κ3) is 3.15. The van der Waals surface area contributed by atoms with E-state index < -0.39 is 0 Å². The third-order valence-corrected chi connectivity index (χ3v) is 5.39. The van der Waals surface area contributed by atoms with Crippen molar-refractivity contribution < 1.29 is 4.52 Å². The second kappa shape index (κ2) is 6.37. The first-order chi connectivity index (χ1) is 13.2. The van der Waals surface area contributed by atoms with Gasteiger partial charge in [-0.15, -0.1) is 0 Å². The molecular formula is C19H22N6O2. The smallest absolute Gasteiger partial charge is 0.324 e. The van der Waals surface area contributed by atoms with Crippen LogP contribution in [-0.2, 0) is 6.54 Å². The first-order valence-electron chi connectivity index (χ1n) is 9.47. The maximum atomic E-state index is 12.7. The van der Waals surface area contributed by atoms with Crippen LogP contribution in [0.5, 0.6) is 0 Å². The molecule has 3 heterocycles. The number of hydrogen-bond acceptors (Lipinski definition) is 7. The van der Waals surface area contributed by atoms with E-state index in [1.165, 1.54) is 12.8 Å². The maximum absolute atomic E-state index is 12.7. The molecule has 0 amide bonds. The molecule has 8 nitrogen and oxygen atoms in total. The van der Waals surface area contributed by atoms with Crippen molar-refractivity contribution in [1.82, 2.24) is 19.7 Å². The summed E-state index contributed by atoms with van der Waals surface area (Å²) >= 11 is 0. The number of piperazine rings is 1. The van der Waals surface area contributed by atoms with Crippen LogP contribution in [-0.4, -0.2) is 45.9 Å². The summed E-state index contributed by atoms with van der Waals surface area (Å²) in [7, 11) is 0. The summed E-state index contributed by atoms with van der Waals surface area (Å²) < 4.78 is 7.01. The fourth-order valence-electron chi connectivity index (χ4n) is 3.62. The van der Waals surface area contributed by atoms with Gasteiger partial charge < -0.3 is 14.3 Å². The molecule has 2 aliphatic rings. The molecule has 8 heteroatoms. The fourth-order valence-corrected chi connectivity index (χ4v) is 3.62. The molecule has 0 spiro atoms. The third-order valence-electron chi connectivity index (χ3n) is 5.39. The van der Waals surface area contributed by atoms with E-state index in [0.29, 0.717) is 23.1 Å². The first kappa shape index (κ1) is 16.3. The highest BCUT2D eigenvalue weighted by Gasteiger charge is 2.23. The lowest BCUT2D eigenvalue weighted by molar-refractivity contribution is 0.404. The van der Waals surface area contributed by atoms with Crippen LogP contribution in [0.15, 0.2) is 33.8 Å². The Bertz CT molecular complexity index is 1030. The molecule has 2 aromatic heterocycles. The van der Waals surface area contributed by atoms with Gasteiger partial charge in [0.05, 0.1) is 17.2 Å². The van der Waals surface area contributed by atoms with Gasteiger partial charge in [-0.2, -0.15) is 4.98 Å². The van der Waals surface area contributed by atoms with Crippen LogP contribution < -0.4 is 15.4 Å². The second-order valence-electron chi connectivity index (χ2n) is 7.45. The highest BCUT2D eigenvalue weighted by Crippen LogP contribution is 2.30. The number of aromatic nitrogens is 4. The number of aryl methyl sites for hydroxylation is 1. The number of anilines is 2. The average Bonchev–Trinajstić information content (AvgIpc) is 3.41. The van der Waals surface area contributed by atoms with Gasteiger partial charge in [-0.3, -0.25) is 9.36 Å². The molecule has 1 aliphatic heterocycles. The normalized spacial score (nSPS) is 17.7. The Morgan fingerprint density at radius 2 is 1.93 bits per heavy atom. The zero-order valence-electron chi connectivity index (χ0n) is 15.3. The summed E-state index contributed by atoms with van der Waals surface area (Å²) in [4.78, 5) is 25.9. The average molecular weight is 366 g/mol. The maximum Gasteiger partial charge on any atom is 0.324 e. The first-order valence-corrected chi connectivity index (χ1v) is 9.47. The number of fused-ring (bicyclic) bond motifs is 1. The minimum atomic E-state index is 0.0648. The number of benzene rings is 1. The number of nitrogens with zero attached hydrogens (tertiary/aromatic N) is 6. The fraction of sp³-hybridized carbons (Fsp3) is 0.474. The quantitative estimate of drug-likeness (QED) is 0.697. The summed E-state index contributed by atoms with van der Waals surface area (Å²) in [5.41, 5.74) is 1.92. The van der Waals surface area contributed by atoms with Crippen LogP contribution in [0, 0.1) is 12.8 Å². The van der Waals surface area contributed by atoms with E-state index in [9.17, 15) is 4.79 Å². The van der Waals surface area contributed by atoms with Gasteiger partial charge in [-0.1, -0.05) is 5.16 Å². The van der Waals surface area contributed by atoms with Gasteiger partial charge in [0.2, 0.25) is 0 Å². The minimum absolute atomic E-state index is 0.0648. The van der Waals surface area contributed by atoms with Crippen LogP contribution >= 0.6 is 0 Å². The summed E-state index contributed by atoms with van der Waals surface area (Å²) in [5.74, 6) is 1.31. The molecule has 0 N–H and O–H groups in total. The van der Waals surface area contributed by atoms with Crippen molar-refractivity contribution in [3.63, 3.8) is 0 Å². The molecule has 0 radical (unpaired) electrons. The van der Waals surface area contributed by atoms with E-state index in [-0.39, 0.29) is 5.56 Å². The Kier molecular flexibility index (Phi) is 3.84. The summed E-state index contributed by atoms with van der Waals surface area (Å²) in [6.45, 7) is 5.95. The molecule has 1 saturated heterocycles. The van der Waals surface area contributed by atoms with Gasteiger partial charge in [-0.05, 0) is 43.9 Å². The molecule has 0 atom stereocenters. The van der Waals surface area contributed by atoms with Crippen molar-refractivity contribution in [3.8, 4) is 0 Å². The van der Waals surface area contributed by atoms with Crippen LogP contribution in [0.25, 0.3) is 10.9 Å². The highest BCUT2D eigenvalue weighted by molar-refractivity contribution is 5.81. The van der Waals surface area contributed by atoms with Crippen molar-refractivity contribution in [2.24, 2.45) is 5.92 Å². The Hall–Kier alpha value is -2.90. The van der Waals surface area contributed by atoms with Crippen molar-refractivity contribution in [2.75, 3.05) is 36.0 Å². The van der Waals surface area contributed by atoms with Gasteiger partial charge >= 0.3 is 6.01 Å². The predicted octanol–water partition coefficient (Wildman–Crippen LogP) is 1.82. The molecule has 0 unspecified atom stereocenters. The zero-order valence-corrected chi connectivity index (χ0v) is 15.3. The lowest BCUT2D eigenvalue weighted by atomic mass is 10.2. The number of hydrogen-bond donors (Lipinski definition) is 0. The molecule has 5 rings (SSSR count). The minimum Gasteiger partial charge on any atom is -0.368 e. The molecule has 27 heavy (non-hydrogen) atoms. The molecule has 140 valence electrons. The van der Waals surface area contributed by atoms with E-state index in [0.717, 1.165) is 43.9 Å². The number of rotatable bonds is 4. The summed E-state index contributed by atoms with van der Waals surface area (Å²) in [6, 6.07) is 6.55. The van der Waals surface area contributed by atoms with Crippen LogP contribution in [0.2, 0.25) is 0 Å². The molecular weight excluding hydrogens is 344 g/mol. The Morgan fingerprint density at radius 3 is 2.63 bits per heavy atom. The Morgan fingerprint density at radius 1 is 1.15 bits per heavy atom. The van der Waals surface area contributed by atoms with Gasteiger partial charge in [-0.25, -0.2) is 4.98 Å². The standard InChI is InChI=1S/C19H22N6O2/c1-13-21-19(27-22-13)24-8-6-23(7-9-24)15-4-5-16-17(10-15)20-12-25(18(16)26)11-14-2-3-14/h4-5,10,12,14H,2-3,6-9,11H2,1H3. The lowest BCUT2D eigenvalue weighted by Crippen LogP contribution is -2.46. The molecule has 2 fully saturated rings. The molecule has 0 bridgehead atoms. The van der Waals surface area contributed by atoms with E-state index in [4.69, 9.17) is 4.52 Å². The second-order valence-corrected chi connectivity index (χ2v) is 7.45. The lowest BCUT2D eigenvalue weighted by Gasteiger charge is -2.35. The van der Waals surface area contributed by atoms with Crippen molar-refractivity contribution in [1.29, 1.82) is 0 Å². The molecule has 1 aliphatic carbocycles. The van der Waals surface area contributed by atoms with Crippen molar-refractivity contribution >= 4 is 22.6 Å². The predicted molar refractivity (Wildman–Crippen MR) is 102 cm³/mol. The van der Waals surface area contributed by atoms with Crippen LogP contribution in [0.4, 0.5) is 11.7 Å². The monoisotopic (exact) mass is 366 g/mol. The molecule has 3 aromatic rings. The SMILES string of the molecule is Cc1noc(N2CCN(c3ccc4c(=O)n(CC5CC5)cnc4c3)CC2)n1. The van der Waals surface area contributed by atoms with E-state index in [1.54, 1.807) is 10.9 Å². The van der Waals surface area contributed by atoms with E-state index in [1.807, 2.05) is 25.1 Å². The largest absolute Gasteiger partial charge is 0.368 e. The van der Waals surface area contributed by atoms with Gasteiger partial charge in [0.15, 0.2) is 5.82 Å². The summed E-state index contributed by atoms with van der Waals surface area (Å²) in [6.07, 6.45) is 4.14. The topological polar surface area (TPSA) is 80.3 Å². The zero-order chi connectivity index (χ0) is 18.4. The van der Waals surface area contributed by atoms with Gasteiger partial charge in [0.1, 0.15) is 0 Å².